The van der Waals surface area contributed by atoms with Crippen molar-refractivity contribution in [2.24, 2.45) is 0 Å². The zero-order valence-corrected chi connectivity index (χ0v) is 10.6. The minimum atomic E-state index is 0.611. The Bertz CT molecular complexity index is 373. The van der Waals surface area contributed by atoms with Gasteiger partial charge in [0.1, 0.15) is 0 Å². The molecule has 0 aliphatic carbocycles. The first-order chi connectivity index (χ1) is 8.36. The molecule has 2 fully saturated rings. The van der Waals surface area contributed by atoms with Gasteiger partial charge in [0, 0.05) is 18.2 Å². The van der Waals surface area contributed by atoms with Gasteiger partial charge < -0.3 is 10.6 Å². The van der Waals surface area contributed by atoms with E-state index in [0.29, 0.717) is 12.0 Å². The molecule has 3 heterocycles. The fourth-order valence-corrected chi connectivity index (χ4v) is 3.18. The van der Waals surface area contributed by atoms with E-state index in [-0.39, 0.29) is 0 Å². The fraction of sp³-hybridized carbons (Fsp3) is 0.769. The molecule has 2 N–H and O–H groups in total. The molecule has 0 amide bonds. The van der Waals surface area contributed by atoms with Crippen molar-refractivity contribution in [3.63, 3.8) is 0 Å². The number of piperidine rings is 1. The third-order valence-electron chi connectivity index (χ3n) is 4.24. The number of hydrogen-bond acceptors (Lipinski definition) is 3. The van der Waals surface area contributed by atoms with Gasteiger partial charge in [0.05, 0.1) is 12.2 Å². The summed E-state index contributed by atoms with van der Waals surface area (Å²) in [6, 6.07) is 0.611. The van der Waals surface area contributed by atoms with Gasteiger partial charge in [-0.2, -0.15) is 5.10 Å². The minimum Gasteiger partial charge on any atom is -0.317 e. The van der Waals surface area contributed by atoms with Crippen molar-refractivity contribution in [3.05, 3.63) is 17.5 Å². The van der Waals surface area contributed by atoms with Crippen LogP contribution in [0.5, 0.6) is 0 Å². The van der Waals surface area contributed by atoms with Crippen LogP contribution >= 0.6 is 0 Å². The second-order valence-corrected chi connectivity index (χ2v) is 5.30. The molecule has 1 aromatic rings. The van der Waals surface area contributed by atoms with Crippen LogP contribution in [0.25, 0.3) is 0 Å². The summed E-state index contributed by atoms with van der Waals surface area (Å²) in [5, 5.41) is 11.5. The average molecular weight is 234 g/mol. The Morgan fingerprint density at radius 1 is 1.18 bits per heavy atom. The van der Waals surface area contributed by atoms with Gasteiger partial charge in [-0.15, -0.1) is 0 Å². The van der Waals surface area contributed by atoms with Gasteiger partial charge in [-0.1, -0.05) is 0 Å². The van der Waals surface area contributed by atoms with Gasteiger partial charge in [-0.25, -0.2) is 0 Å². The average Bonchev–Trinajstić information content (AvgIpc) is 2.99. The Morgan fingerprint density at radius 2 is 1.94 bits per heavy atom. The van der Waals surface area contributed by atoms with Crippen molar-refractivity contribution in [1.29, 1.82) is 0 Å². The van der Waals surface area contributed by atoms with Gasteiger partial charge in [-0.05, 0) is 51.4 Å². The lowest BCUT2D eigenvalue weighted by Gasteiger charge is -2.24. The smallest absolute Gasteiger partial charge is 0.0546 e. The maximum absolute atomic E-state index is 4.65. The maximum Gasteiger partial charge on any atom is 0.0546 e. The molecule has 1 unspecified atom stereocenters. The standard InChI is InChI=1S/C13H22N4/c1-10-13(11-2-5-15-8-11)9-16-17(10)12-3-6-14-7-4-12/h9,11-12,14-15H,2-8H2,1H3. The summed E-state index contributed by atoms with van der Waals surface area (Å²) in [5.41, 5.74) is 2.86. The van der Waals surface area contributed by atoms with Crippen molar-refractivity contribution in [3.8, 4) is 0 Å². The molecule has 0 bridgehead atoms. The Balaban J connectivity index is 1.80. The maximum atomic E-state index is 4.65. The first-order valence-corrected chi connectivity index (χ1v) is 6.81. The molecule has 3 rings (SSSR count). The zero-order valence-electron chi connectivity index (χ0n) is 10.6. The molecule has 4 heteroatoms. The lowest BCUT2D eigenvalue weighted by atomic mass is 9.99. The topological polar surface area (TPSA) is 41.9 Å². The van der Waals surface area contributed by atoms with E-state index in [1.54, 1.807) is 0 Å². The highest BCUT2D eigenvalue weighted by molar-refractivity contribution is 5.23. The summed E-state index contributed by atoms with van der Waals surface area (Å²) in [4.78, 5) is 0. The zero-order chi connectivity index (χ0) is 11.7. The lowest BCUT2D eigenvalue weighted by molar-refractivity contribution is 0.338. The molecule has 94 valence electrons. The minimum absolute atomic E-state index is 0.611. The molecule has 2 aliphatic rings. The van der Waals surface area contributed by atoms with E-state index in [1.165, 1.54) is 30.5 Å². The van der Waals surface area contributed by atoms with Crippen LogP contribution in [0.2, 0.25) is 0 Å². The van der Waals surface area contributed by atoms with Crippen LogP contribution in [0.1, 0.15) is 42.5 Å². The van der Waals surface area contributed by atoms with E-state index in [0.717, 1.165) is 26.2 Å². The highest BCUT2D eigenvalue weighted by Gasteiger charge is 2.24. The highest BCUT2D eigenvalue weighted by Crippen LogP contribution is 2.28. The van der Waals surface area contributed by atoms with Crippen molar-refractivity contribution in [2.45, 2.75) is 38.1 Å². The van der Waals surface area contributed by atoms with Gasteiger partial charge in [0.2, 0.25) is 0 Å². The molecule has 2 aliphatic heterocycles. The van der Waals surface area contributed by atoms with Crippen molar-refractivity contribution in [1.82, 2.24) is 20.4 Å². The third kappa shape index (κ3) is 2.11. The second kappa shape index (κ2) is 4.78. The summed E-state index contributed by atoms with van der Waals surface area (Å²) >= 11 is 0. The number of rotatable bonds is 2. The molecule has 0 aromatic carbocycles. The first kappa shape index (κ1) is 11.2. The van der Waals surface area contributed by atoms with Gasteiger partial charge >= 0.3 is 0 Å². The highest BCUT2D eigenvalue weighted by atomic mass is 15.3. The molecule has 17 heavy (non-hydrogen) atoms. The number of aromatic nitrogens is 2. The Kier molecular flexibility index (Phi) is 3.16. The van der Waals surface area contributed by atoms with Crippen LogP contribution in [-0.2, 0) is 0 Å². The van der Waals surface area contributed by atoms with E-state index < -0.39 is 0 Å². The largest absolute Gasteiger partial charge is 0.317 e. The normalized spacial score (nSPS) is 26.5. The number of hydrogen-bond donors (Lipinski definition) is 2. The van der Waals surface area contributed by atoms with Crippen molar-refractivity contribution < 1.29 is 0 Å². The second-order valence-electron chi connectivity index (χ2n) is 5.30. The summed E-state index contributed by atoms with van der Waals surface area (Å²) in [5.74, 6) is 0.686. The van der Waals surface area contributed by atoms with Crippen LogP contribution < -0.4 is 10.6 Å². The van der Waals surface area contributed by atoms with E-state index in [4.69, 9.17) is 0 Å². The molecular formula is C13H22N4. The molecule has 0 spiro atoms. The number of nitrogens with one attached hydrogen (secondary N) is 2. The summed E-state index contributed by atoms with van der Waals surface area (Å²) in [7, 11) is 0. The fourth-order valence-electron chi connectivity index (χ4n) is 3.18. The lowest BCUT2D eigenvalue weighted by Crippen LogP contribution is -2.30. The summed E-state index contributed by atoms with van der Waals surface area (Å²) in [6.07, 6.45) is 5.80. The summed E-state index contributed by atoms with van der Waals surface area (Å²) in [6.45, 7) is 6.78. The van der Waals surface area contributed by atoms with E-state index in [9.17, 15) is 0 Å². The molecule has 2 saturated heterocycles. The van der Waals surface area contributed by atoms with E-state index in [2.05, 4.69) is 33.5 Å². The van der Waals surface area contributed by atoms with Crippen molar-refractivity contribution >= 4 is 0 Å². The predicted octanol–water partition coefficient (Wildman–Crippen LogP) is 1.19. The molecule has 1 atom stereocenters. The van der Waals surface area contributed by atoms with E-state index in [1.807, 2.05) is 0 Å². The van der Waals surface area contributed by atoms with Crippen LogP contribution in [0, 0.1) is 6.92 Å². The van der Waals surface area contributed by atoms with Gasteiger partial charge in [0.15, 0.2) is 0 Å². The Morgan fingerprint density at radius 3 is 2.65 bits per heavy atom. The summed E-state index contributed by atoms with van der Waals surface area (Å²) < 4.78 is 2.27. The molecule has 4 nitrogen and oxygen atoms in total. The Labute approximate surface area is 103 Å². The molecule has 0 radical (unpaired) electrons. The molecule has 0 saturated carbocycles. The van der Waals surface area contributed by atoms with Gasteiger partial charge in [0.25, 0.3) is 0 Å². The van der Waals surface area contributed by atoms with Crippen LogP contribution in [0.3, 0.4) is 0 Å². The Hall–Kier alpha value is -0.870. The first-order valence-electron chi connectivity index (χ1n) is 6.81. The monoisotopic (exact) mass is 234 g/mol. The van der Waals surface area contributed by atoms with Crippen LogP contribution in [0.15, 0.2) is 6.20 Å². The van der Waals surface area contributed by atoms with Gasteiger partial charge in [-0.3, -0.25) is 4.68 Å². The quantitative estimate of drug-likeness (QED) is 0.808. The third-order valence-corrected chi connectivity index (χ3v) is 4.24. The number of nitrogens with zero attached hydrogens (tertiary/aromatic N) is 2. The SMILES string of the molecule is Cc1c(C2CCNC2)cnn1C1CCNCC1. The van der Waals surface area contributed by atoms with Crippen LogP contribution in [0.4, 0.5) is 0 Å². The van der Waals surface area contributed by atoms with Crippen molar-refractivity contribution in [2.75, 3.05) is 26.2 Å². The molecular weight excluding hydrogens is 212 g/mol. The van der Waals surface area contributed by atoms with Crippen LogP contribution in [-0.4, -0.2) is 36.0 Å². The predicted molar refractivity (Wildman–Crippen MR) is 68.3 cm³/mol. The van der Waals surface area contributed by atoms with E-state index >= 15 is 0 Å². The molecule has 1 aromatic heterocycles.